The lowest BCUT2D eigenvalue weighted by atomic mass is 10.0. The highest BCUT2D eigenvalue weighted by molar-refractivity contribution is 4.78. The predicted molar refractivity (Wildman–Crippen MR) is 61.8 cm³/mol. The molecule has 2 unspecified atom stereocenters. The number of likely N-dealkylation sites (tertiary alicyclic amines) is 1. The van der Waals surface area contributed by atoms with E-state index < -0.39 is 12.2 Å². The molecular formula is C12H25NO2. The maximum atomic E-state index is 9.50. The molecule has 1 saturated heterocycles. The van der Waals surface area contributed by atoms with Crippen molar-refractivity contribution in [1.82, 2.24) is 4.90 Å². The van der Waals surface area contributed by atoms with Gasteiger partial charge < -0.3 is 15.1 Å². The summed E-state index contributed by atoms with van der Waals surface area (Å²) in [5.41, 5.74) is 0. The Morgan fingerprint density at radius 3 is 2.47 bits per heavy atom. The zero-order chi connectivity index (χ0) is 11.1. The van der Waals surface area contributed by atoms with Gasteiger partial charge in [-0.3, -0.25) is 0 Å². The second kappa shape index (κ2) is 7.20. The smallest absolute Gasteiger partial charge is 0.0926 e. The maximum absolute atomic E-state index is 9.50. The van der Waals surface area contributed by atoms with Gasteiger partial charge in [-0.05, 0) is 19.4 Å². The fraction of sp³-hybridized carbons (Fsp3) is 1.00. The van der Waals surface area contributed by atoms with Crippen LogP contribution in [0.3, 0.4) is 0 Å². The lowest BCUT2D eigenvalue weighted by Crippen LogP contribution is -2.46. The number of unbranched alkanes of at least 4 members (excludes halogenated alkanes) is 4. The zero-order valence-electron chi connectivity index (χ0n) is 9.86. The molecule has 90 valence electrons. The largest absolute Gasteiger partial charge is 0.390 e. The number of piperidine rings is 1. The van der Waals surface area contributed by atoms with E-state index in [9.17, 15) is 10.2 Å². The highest BCUT2D eigenvalue weighted by Gasteiger charge is 2.24. The first-order valence-corrected chi connectivity index (χ1v) is 6.32. The van der Waals surface area contributed by atoms with Crippen molar-refractivity contribution in [3.05, 3.63) is 0 Å². The van der Waals surface area contributed by atoms with E-state index in [0.717, 1.165) is 19.5 Å². The molecule has 1 rings (SSSR count). The number of aliphatic hydroxyl groups is 2. The fourth-order valence-electron chi connectivity index (χ4n) is 2.13. The first kappa shape index (κ1) is 12.9. The van der Waals surface area contributed by atoms with E-state index >= 15 is 0 Å². The van der Waals surface area contributed by atoms with E-state index in [4.69, 9.17) is 0 Å². The van der Waals surface area contributed by atoms with E-state index in [-0.39, 0.29) is 0 Å². The third-order valence-corrected chi connectivity index (χ3v) is 3.21. The topological polar surface area (TPSA) is 43.7 Å². The van der Waals surface area contributed by atoms with Crippen molar-refractivity contribution >= 4 is 0 Å². The summed E-state index contributed by atoms with van der Waals surface area (Å²) in [7, 11) is 0. The number of rotatable bonds is 6. The van der Waals surface area contributed by atoms with E-state index in [2.05, 4.69) is 11.8 Å². The molecule has 15 heavy (non-hydrogen) atoms. The van der Waals surface area contributed by atoms with Gasteiger partial charge in [0.05, 0.1) is 12.2 Å². The van der Waals surface area contributed by atoms with Crippen LogP contribution in [0.15, 0.2) is 0 Å². The average molecular weight is 215 g/mol. The van der Waals surface area contributed by atoms with Crippen molar-refractivity contribution in [2.75, 3.05) is 19.6 Å². The van der Waals surface area contributed by atoms with E-state index in [1.807, 2.05) is 0 Å². The van der Waals surface area contributed by atoms with Crippen molar-refractivity contribution in [2.45, 2.75) is 57.7 Å². The van der Waals surface area contributed by atoms with Gasteiger partial charge in [0, 0.05) is 13.1 Å². The maximum Gasteiger partial charge on any atom is 0.0926 e. The van der Waals surface area contributed by atoms with Gasteiger partial charge in [0.25, 0.3) is 0 Å². The van der Waals surface area contributed by atoms with Crippen LogP contribution in [0.2, 0.25) is 0 Å². The minimum atomic E-state index is -0.533. The Bertz CT molecular complexity index is 164. The molecule has 1 heterocycles. The number of aliphatic hydroxyl groups excluding tert-OH is 2. The summed E-state index contributed by atoms with van der Waals surface area (Å²) in [5.74, 6) is 0. The van der Waals surface area contributed by atoms with Crippen LogP contribution in [0.25, 0.3) is 0 Å². The van der Waals surface area contributed by atoms with Gasteiger partial charge in [0.2, 0.25) is 0 Å². The van der Waals surface area contributed by atoms with Gasteiger partial charge in [-0.2, -0.15) is 0 Å². The van der Waals surface area contributed by atoms with Gasteiger partial charge >= 0.3 is 0 Å². The molecule has 0 spiro atoms. The van der Waals surface area contributed by atoms with E-state index in [0.29, 0.717) is 6.54 Å². The number of nitrogens with zero attached hydrogens (tertiary/aromatic N) is 1. The lowest BCUT2D eigenvalue weighted by Gasteiger charge is -2.33. The second-order valence-corrected chi connectivity index (χ2v) is 4.64. The van der Waals surface area contributed by atoms with Crippen LogP contribution in [-0.2, 0) is 0 Å². The van der Waals surface area contributed by atoms with Crippen molar-refractivity contribution in [3.63, 3.8) is 0 Å². The van der Waals surface area contributed by atoms with Crippen LogP contribution < -0.4 is 0 Å². The minimum absolute atomic E-state index is 0.499. The van der Waals surface area contributed by atoms with Gasteiger partial charge in [-0.25, -0.2) is 0 Å². The van der Waals surface area contributed by atoms with Crippen LogP contribution in [0.4, 0.5) is 0 Å². The molecule has 3 heteroatoms. The monoisotopic (exact) mass is 215 g/mol. The van der Waals surface area contributed by atoms with Crippen molar-refractivity contribution in [3.8, 4) is 0 Å². The summed E-state index contributed by atoms with van der Waals surface area (Å²) >= 11 is 0. The molecule has 0 aromatic carbocycles. The molecule has 0 aliphatic carbocycles. The zero-order valence-corrected chi connectivity index (χ0v) is 9.86. The Balaban J connectivity index is 2.02. The van der Waals surface area contributed by atoms with Crippen molar-refractivity contribution < 1.29 is 10.2 Å². The van der Waals surface area contributed by atoms with Crippen molar-refractivity contribution in [1.29, 1.82) is 0 Å². The van der Waals surface area contributed by atoms with Crippen LogP contribution in [0.1, 0.15) is 45.4 Å². The normalized spacial score (nSPS) is 28.2. The summed E-state index contributed by atoms with van der Waals surface area (Å²) < 4.78 is 0. The molecule has 1 fully saturated rings. The molecule has 0 aromatic heterocycles. The summed E-state index contributed by atoms with van der Waals surface area (Å²) in [6.45, 7) is 4.89. The average Bonchev–Trinajstić information content (AvgIpc) is 2.23. The number of β-amino-alcohol motifs (C(OH)–C–C–N with tert-alkyl or cyclic N) is 1. The highest BCUT2D eigenvalue weighted by atomic mass is 16.3. The van der Waals surface area contributed by atoms with Gasteiger partial charge in [-0.15, -0.1) is 0 Å². The third kappa shape index (κ3) is 4.96. The van der Waals surface area contributed by atoms with Gasteiger partial charge in [0.1, 0.15) is 0 Å². The Kier molecular flexibility index (Phi) is 6.22. The molecule has 0 amide bonds. The Morgan fingerprint density at radius 2 is 1.80 bits per heavy atom. The van der Waals surface area contributed by atoms with Crippen LogP contribution in [-0.4, -0.2) is 47.0 Å². The lowest BCUT2D eigenvalue weighted by molar-refractivity contribution is -0.0385. The minimum Gasteiger partial charge on any atom is -0.390 e. The second-order valence-electron chi connectivity index (χ2n) is 4.64. The molecule has 3 nitrogen and oxygen atoms in total. The molecule has 1 aliphatic heterocycles. The number of hydrogen-bond donors (Lipinski definition) is 2. The Labute approximate surface area is 93.1 Å². The van der Waals surface area contributed by atoms with Gasteiger partial charge in [-0.1, -0.05) is 32.6 Å². The summed E-state index contributed by atoms with van der Waals surface area (Å²) in [4.78, 5) is 2.27. The summed E-state index contributed by atoms with van der Waals surface area (Å²) in [6.07, 6.45) is 6.16. The Hall–Kier alpha value is -0.120. The van der Waals surface area contributed by atoms with E-state index in [1.54, 1.807) is 0 Å². The standard InChI is InChI=1S/C12H25NO2/c1-2-3-4-5-6-8-13-9-7-11(14)12(15)10-13/h11-12,14-15H,2-10H2,1H3. The Morgan fingerprint density at radius 1 is 1.07 bits per heavy atom. The third-order valence-electron chi connectivity index (χ3n) is 3.21. The SMILES string of the molecule is CCCCCCCN1CCC(O)C(O)C1. The summed E-state index contributed by atoms with van der Waals surface area (Å²) in [6, 6.07) is 0. The first-order valence-electron chi connectivity index (χ1n) is 6.32. The fourth-order valence-corrected chi connectivity index (χ4v) is 2.13. The first-order chi connectivity index (χ1) is 7.24. The highest BCUT2D eigenvalue weighted by Crippen LogP contribution is 2.12. The van der Waals surface area contributed by atoms with Crippen LogP contribution in [0, 0.1) is 0 Å². The predicted octanol–water partition coefficient (Wildman–Crippen LogP) is 1.38. The van der Waals surface area contributed by atoms with E-state index in [1.165, 1.54) is 32.1 Å². The molecule has 1 aliphatic rings. The molecule has 0 saturated carbocycles. The number of hydrogen-bond acceptors (Lipinski definition) is 3. The summed E-state index contributed by atoms with van der Waals surface area (Å²) in [5, 5.41) is 18.9. The molecule has 2 N–H and O–H groups in total. The quantitative estimate of drug-likeness (QED) is 0.658. The van der Waals surface area contributed by atoms with Crippen molar-refractivity contribution in [2.24, 2.45) is 0 Å². The molecule has 0 aromatic rings. The van der Waals surface area contributed by atoms with Crippen LogP contribution in [0.5, 0.6) is 0 Å². The molecular weight excluding hydrogens is 190 g/mol. The molecule has 0 bridgehead atoms. The molecule has 2 atom stereocenters. The molecule has 0 radical (unpaired) electrons. The van der Waals surface area contributed by atoms with Gasteiger partial charge in [0.15, 0.2) is 0 Å². The van der Waals surface area contributed by atoms with Crippen LogP contribution >= 0.6 is 0 Å².